The molecule has 0 spiro atoms. The highest BCUT2D eigenvalue weighted by Crippen LogP contribution is 2.34. The van der Waals surface area contributed by atoms with E-state index in [1.807, 2.05) is 23.1 Å². The average Bonchev–Trinajstić information content (AvgIpc) is 3.24. The molecule has 156 valence electrons. The summed E-state index contributed by atoms with van der Waals surface area (Å²) in [6.45, 7) is 5.98. The Balaban J connectivity index is 1.21. The molecule has 0 atom stereocenters. The zero-order valence-corrected chi connectivity index (χ0v) is 17.9. The van der Waals surface area contributed by atoms with E-state index in [0.717, 1.165) is 69.9 Å². The lowest BCUT2D eigenvalue weighted by Gasteiger charge is -2.31. The van der Waals surface area contributed by atoms with Crippen molar-refractivity contribution < 1.29 is 9.53 Å². The minimum atomic E-state index is 0.154. The largest absolute Gasteiger partial charge is 0.379 e. The summed E-state index contributed by atoms with van der Waals surface area (Å²) in [4.78, 5) is 22.3. The van der Waals surface area contributed by atoms with Gasteiger partial charge in [-0.1, -0.05) is 24.3 Å². The van der Waals surface area contributed by atoms with E-state index in [1.165, 1.54) is 15.3 Å². The molecule has 1 amide bonds. The van der Waals surface area contributed by atoms with Gasteiger partial charge in [0.25, 0.3) is 5.91 Å². The maximum absolute atomic E-state index is 13.1. The van der Waals surface area contributed by atoms with Crippen LogP contribution >= 0.6 is 11.3 Å². The molecule has 2 aliphatic heterocycles. The van der Waals surface area contributed by atoms with Crippen molar-refractivity contribution >= 4 is 27.5 Å². The number of nitrogens with zero attached hydrogens (tertiary/aromatic N) is 3. The number of carbonyl (C=O) groups is 1. The quantitative estimate of drug-likeness (QED) is 0.635. The van der Waals surface area contributed by atoms with E-state index in [4.69, 9.17) is 9.72 Å². The molecule has 2 aromatic carbocycles. The van der Waals surface area contributed by atoms with Gasteiger partial charge < -0.3 is 9.64 Å². The summed E-state index contributed by atoms with van der Waals surface area (Å²) in [5, 5.41) is 1.22. The second kappa shape index (κ2) is 8.84. The number of thiazole rings is 1. The van der Waals surface area contributed by atoms with Crippen LogP contribution in [0.25, 0.3) is 10.2 Å². The van der Waals surface area contributed by atoms with Gasteiger partial charge in [-0.2, -0.15) is 0 Å². The first kappa shape index (κ1) is 19.7. The average molecular weight is 422 g/mol. The molecule has 5 rings (SSSR count). The summed E-state index contributed by atoms with van der Waals surface area (Å²) in [5.74, 6) is 0.612. The number of benzene rings is 2. The summed E-state index contributed by atoms with van der Waals surface area (Å²) in [6, 6.07) is 16.5. The Labute approximate surface area is 181 Å². The molecule has 5 nitrogen and oxygen atoms in total. The smallest absolute Gasteiger partial charge is 0.253 e. The predicted molar refractivity (Wildman–Crippen MR) is 120 cm³/mol. The Morgan fingerprint density at radius 1 is 1.03 bits per heavy atom. The fraction of sp³-hybridized carbons (Fsp3) is 0.417. The third-order valence-electron chi connectivity index (χ3n) is 6.13. The molecule has 6 heteroatoms. The third kappa shape index (κ3) is 4.26. The van der Waals surface area contributed by atoms with Crippen molar-refractivity contribution in [1.82, 2.24) is 14.8 Å². The summed E-state index contributed by atoms with van der Waals surface area (Å²) >= 11 is 1.80. The summed E-state index contributed by atoms with van der Waals surface area (Å²) in [6.07, 6.45) is 1.97. The van der Waals surface area contributed by atoms with Gasteiger partial charge in [0.2, 0.25) is 0 Å². The lowest BCUT2D eigenvalue weighted by atomic mass is 9.97. The van der Waals surface area contributed by atoms with Crippen LogP contribution in [0.2, 0.25) is 0 Å². The molecule has 0 unspecified atom stereocenters. The van der Waals surface area contributed by atoms with E-state index in [0.29, 0.717) is 5.92 Å². The zero-order valence-electron chi connectivity index (χ0n) is 17.1. The number of likely N-dealkylation sites (tertiary alicyclic amines) is 1. The van der Waals surface area contributed by atoms with Crippen LogP contribution in [0.15, 0.2) is 48.5 Å². The van der Waals surface area contributed by atoms with Gasteiger partial charge in [-0.05, 0) is 42.7 Å². The number of para-hydroxylation sites is 1. The van der Waals surface area contributed by atoms with Crippen LogP contribution in [0, 0.1) is 0 Å². The highest BCUT2D eigenvalue weighted by atomic mass is 32.1. The van der Waals surface area contributed by atoms with E-state index in [2.05, 4.69) is 35.2 Å². The Bertz CT molecular complexity index is 987. The number of ether oxygens (including phenoxy) is 1. The molecule has 0 radical (unpaired) electrons. The minimum Gasteiger partial charge on any atom is -0.379 e. The Morgan fingerprint density at radius 2 is 1.83 bits per heavy atom. The van der Waals surface area contributed by atoms with E-state index in [-0.39, 0.29) is 5.91 Å². The zero-order chi connectivity index (χ0) is 20.3. The molecule has 0 aliphatic carbocycles. The second-order valence-corrected chi connectivity index (χ2v) is 9.24. The van der Waals surface area contributed by atoms with Crippen LogP contribution in [-0.4, -0.2) is 60.1 Å². The van der Waals surface area contributed by atoms with Crippen molar-refractivity contribution in [3.63, 3.8) is 0 Å². The first-order valence-corrected chi connectivity index (χ1v) is 11.6. The van der Waals surface area contributed by atoms with Crippen molar-refractivity contribution in [2.45, 2.75) is 25.3 Å². The number of piperidine rings is 1. The summed E-state index contributed by atoms with van der Waals surface area (Å²) < 4.78 is 6.68. The molecule has 1 aromatic heterocycles. The van der Waals surface area contributed by atoms with E-state index >= 15 is 0 Å². The second-order valence-electron chi connectivity index (χ2n) is 8.18. The highest BCUT2D eigenvalue weighted by molar-refractivity contribution is 7.18. The number of amides is 1. The SMILES string of the molecule is O=C(c1cccc(CN2CCOCC2)c1)N1CCC(c2nc3ccccc3s2)CC1. The normalized spacial score (nSPS) is 18.7. The van der Waals surface area contributed by atoms with Crippen molar-refractivity contribution in [1.29, 1.82) is 0 Å². The summed E-state index contributed by atoms with van der Waals surface area (Å²) in [5.41, 5.74) is 3.10. The molecule has 0 saturated carbocycles. The number of fused-ring (bicyclic) bond motifs is 1. The van der Waals surface area contributed by atoms with Crippen molar-refractivity contribution in [3.8, 4) is 0 Å². The number of morpholine rings is 1. The Morgan fingerprint density at radius 3 is 2.63 bits per heavy atom. The molecule has 3 aromatic rings. The maximum Gasteiger partial charge on any atom is 0.253 e. The standard InChI is InChI=1S/C24H27N3O2S/c28-24(20-5-3-4-18(16-20)17-26-12-14-29-15-13-26)27-10-8-19(9-11-27)23-25-21-6-1-2-7-22(21)30-23/h1-7,16,19H,8-15,17H2. The Hall–Kier alpha value is -2.28. The van der Waals surface area contributed by atoms with Crippen LogP contribution in [0.1, 0.15) is 39.7 Å². The maximum atomic E-state index is 13.1. The number of rotatable bonds is 4. The number of aromatic nitrogens is 1. The minimum absolute atomic E-state index is 0.154. The predicted octanol–water partition coefficient (Wildman–Crippen LogP) is 4.15. The van der Waals surface area contributed by atoms with Gasteiger partial charge in [-0.3, -0.25) is 9.69 Å². The molecular formula is C24H27N3O2S. The Kier molecular flexibility index (Phi) is 5.79. The summed E-state index contributed by atoms with van der Waals surface area (Å²) in [7, 11) is 0. The third-order valence-corrected chi connectivity index (χ3v) is 7.32. The van der Waals surface area contributed by atoms with E-state index in [9.17, 15) is 4.79 Å². The fourth-order valence-corrected chi connectivity index (χ4v) is 5.53. The molecule has 2 fully saturated rings. The van der Waals surface area contributed by atoms with Crippen LogP contribution < -0.4 is 0 Å². The molecule has 2 saturated heterocycles. The van der Waals surface area contributed by atoms with Gasteiger partial charge in [0.15, 0.2) is 0 Å². The monoisotopic (exact) mass is 421 g/mol. The molecule has 30 heavy (non-hydrogen) atoms. The van der Waals surface area contributed by atoms with Crippen LogP contribution in [0.3, 0.4) is 0 Å². The van der Waals surface area contributed by atoms with Gasteiger partial charge in [0.05, 0.1) is 28.4 Å². The highest BCUT2D eigenvalue weighted by Gasteiger charge is 2.26. The van der Waals surface area contributed by atoms with E-state index in [1.54, 1.807) is 11.3 Å². The fourth-order valence-electron chi connectivity index (χ4n) is 4.40. The van der Waals surface area contributed by atoms with Gasteiger partial charge in [-0.25, -0.2) is 4.98 Å². The first-order chi connectivity index (χ1) is 14.8. The topological polar surface area (TPSA) is 45.7 Å². The number of hydrogen-bond donors (Lipinski definition) is 0. The molecule has 0 bridgehead atoms. The van der Waals surface area contributed by atoms with Crippen LogP contribution in [0.4, 0.5) is 0 Å². The lowest BCUT2D eigenvalue weighted by molar-refractivity contribution is 0.0341. The molecule has 2 aliphatic rings. The molecule has 0 N–H and O–H groups in total. The van der Waals surface area contributed by atoms with Crippen molar-refractivity contribution in [2.24, 2.45) is 0 Å². The van der Waals surface area contributed by atoms with Gasteiger partial charge in [-0.15, -0.1) is 11.3 Å². The van der Waals surface area contributed by atoms with Crippen LogP contribution in [-0.2, 0) is 11.3 Å². The molecular weight excluding hydrogens is 394 g/mol. The van der Waals surface area contributed by atoms with Crippen molar-refractivity contribution in [2.75, 3.05) is 39.4 Å². The number of hydrogen-bond acceptors (Lipinski definition) is 5. The molecule has 3 heterocycles. The van der Waals surface area contributed by atoms with Crippen molar-refractivity contribution in [3.05, 3.63) is 64.7 Å². The first-order valence-electron chi connectivity index (χ1n) is 10.8. The number of carbonyl (C=O) groups excluding carboxylic acids is 1. The van der Waals surface area contributed by atoms with Gasteiger partial charge >= 0.3 is 0 Å². The lowest BCUT2D eigenvalue weighted by Crippen LogP contribution is -2.38. The van der Waals surface area contributed by atoms with Crippen LogP contribution in [0.5, 0.6) is 0 Å². The van der Waals surface area contributed by atoms with E-state index < -0.39 is 0 Å². The van der Waals surface area contributed by atoms with Gasteiger partial charge in [0, 0.05) is 44.2 Å². The van der Waals surface area contributed by atoms with Gasteiger partial charge in [0.1, 0.15) is 0 Å².